The minimum absolute atomic E-state index is 0.337. The summed E-state index contributed by atoms with van der Waals surface area (Å²) in [5.41, 5.74) is 1.66. The van der Waals surface area contributed by atoms with E-state index in [0.29, 0.717) is 16.8 Å². The number of Topliss-reactive ketones (excluding diaryl/α,β-unsaturated/α-hetero) is 1. The zero-order valence-electron chi connectivity index (χ0n) is 10.4. The van der Waals surface area contributed by atoms with Crippen LogP contribution in [0.25, 0.3) is 0 Å². The van der Waals surface area contributed by atoms with Crippen molar-refractivity contribution in [1.82, 2.24) is 0 Å². The number of hydrogen-bond donors (Lipinski definition) is 2. The van der Waals surface area contributed by atoms with Gasteiger partial charge in [0.2, 0.25) is 0 Å². The van der Waals surface area contributed by atoms with E-state index in [4.69, 9.17) is 0 Å². The van der Waals surface area contributed by atoms with Gasteiger partial charge >= 0.3 is 0 Å². The van der Waals surface area contributed by atoms with Gasteiger partial charge in [0.15, 0.2) is 5.78 Å². The molecule has 1 unspecified atom stereocenters. The molecule has 96 valence electrons. The normalized spacial score (nSPS) is 11.6. The molecule has 3 heteroatoms. The summed E-state index contributed by atoms with van der Waals surface area (Å²) in [6.07, 6.45) is 0.343. The summed E-state index contributed by atoms with van der Waals surface area (Å²) < 4.78 is 0. The molecule has 19 heavy (non-hydrogen) atoms. The summed E-state index contributed by atoms with van der Waals surface area (Å²) in [6, 6.07) is 15.9. The van der Waals surface area contributed by atoms with Crippen molar-refractivity contribution in [2.24, 2.45) is 0 Å². The molecule has 0 amide bonds. The lowest BCUT2D eigenvalue weighted by Crippen LogP contribution is -2.13. The fourth-order valence-corrected chi connectivity index (χ4v) is 1.87. The Hall–Kier alpha value is -2.39. The van der Waals surface area contributed by atoms with E-state index in [2.05, 4.69) is 11.9 Å². The van der Waals surface area contributed by atoms with Crippen molar-refractivity contribution in [3.8, 4) is 0 Å². The average molecular weight is 253 g/mol. The van der Waals surface area contributed by atoms with E-state index in [-0.39, 0.29) is 5.78 Å². The Labute approximate surface area is 112 Å². The van der Waals surface area contributed by atoms with E-state index in [1.807, 2.05) is 12.1 Å². The van der Waals surface area contributed by atoms with Gasteiger partial charge in [0.25, 0.3) is 0 Å². The van der Waals surface area contributed by atoms with Crippen LogP contribution in [0.1, 0.15) is 22.0 Å². The highest BCUT2D eigenvalue weighted by molar-refractivity contribution is 6.04. The van der Waals surface area contributed by atoms with Crippen LogP contribution in [0.5, 0.6) is 0 Å². The van der Waals surface area contributed by atoms with Gasteiger partial charge in [-0.15, -0.1) is 0 Å². The van der Waals surface area contributed by atoms with E-state index in [9.17, 15) is 9.90 Å². The topological polar surface area (TPSA) is 49.3 Å². The minimum atomic E-state index is -1.16. The Balaban J connectivity index is 2.32. The van der Waals surface area contributed by atoms with E-state index < -0.39 is 6.10 Å². The molecule has 2 aromatic rings. The Morgan fingerprint density at radius 3 is 2.42 bits per heavy atom. The van der Waals surface area contributed by atoms with Gasteiger partial charge in [0, 0.05) is 11.3 Å². The minimum Gasteiger partial charge on any atom is -0.380 e. The van der Waals surface area contributed by atoms with E-state index in [1.54, 1.807) is 42.5 Å². The summed E-state index contributed by atoms with van der Waals surface area (Å²) in [7, 11) is 0. The van der Waals surface area contributed by atoms with Gasteiger partial charge in [-0.2, -0.15) is 0 Å². The Morgan fingerprint density at radius 1 is 1.11 bits per heavy atom. The molecule has 0 aliphatic carbocycles. The van der Waals surface area contributed by atoms with Crippen molar-refractivity contribution in [3.63, 3.8) is 0 Å². The lowest BCUT2D eigenvalue weighted by atomic mass is 9.99. The third-order valence-corrected chi connectivity index (χ3v) is 2.81. The maximum Gasteiger partial charge on any atom is 0.197 e. The molecule has 0 bridgehead atoms. The molecule has 0 aliphatic heterocycles. The molecule has 2 rings (SSSR count). The molecule has 0 heterocycles. The largest absolute Gasteiger partial charge is 0.380 e. The Bertz CT molecular complexity index is 578. The Morgan fingerprint density at radius 2 is 1.74 bits per heavy atom. The van der Waals surface area contributed by atoms with Gasteiger partial charge in [-0.25, -0.2) is 0 Å². The number of aliphatic hydroxyl groups excluding tert-OH is 1. The zero-order valence-corrected chi connectivity index (χ0v) is 10.4. The molecule has 3 nitrogen and oxygen atoms in total. The summed E-state index contributed by atoms with van der Waals surface area (Å²) in [5.74, 6) is -0.337. The first-order valence-electron chi connectivity index (χ1n) is 5.97. The number of aliphatic hydroxyl groups is 1. The van der Waals surface area contributed by atoms with Gasteiger partial charge in [0.1, 0.15) is 6.10 Å². The van der Waals surface area contributed by atoms with Crippen LogP contribution < -0.4 is 5.32 Å². The van der Waals surface area contributed by atoms with E-state index in [0.717, 1.165) is 0 Å². The highest BCUT2D eigenvalue weighted by Crippen LogP contribution is 2.23. The number of hydrogen-bond acceptors (Lipinski definition) is 3. The molecule has 0 radical (unpaired) electrons. The maximum atomic E-state index is 12.3. The van der Waals surface area contributed by atoms with Crippen LogP contribution >= 0.6 is 0 Å². The Kier molecular flexibility index (Phi) is 4.11. The van der Waals surface area contributed by atoms with E-state index >= 15 is 0 Å². The van der Waals surface area contributed by atoms with Gasteiger partial charge < -0.3 is 10.4 Å². The number of anilines is 1. The first kappa shape index (κ1) is 13.1. The van der Waals surface area contributed by atoms with Crippen LogP contribution in [0.2, 0.25) is 0 Å². The summed E-state index contributed by atoms with van der Waals surface area (Å²) in [4.78, 5) is 12.3. The summed E-state index contributed by atoms with van der Waals surface area (Å²) in [6.45, 7) is 3.57. The molecular weight excluding hydrogens is 238 g/mol. The fraction of sp³-hybridized carbons (Fsp3) is 0.0625. The summed E-state index contributed by atoms with van der Waals surface area (Å²) >= 11 is 0. The van der Waals surface area contributed by atoms with Crippen LogP contribution in [0.15, 0.2) is 67.4 Å². The monoisotopic (exact) mass is 253 g/mol. The van der Waals surface area contributed by atoms with Crippen molar-refractivity contribution < 1.29 is 9.90 Å². The SMILES string of the molecule is C=CNc1ccccc1C(=O)C(O)c1ccccc1. The van der Waals surface area contributed by atoms with Gasteiger partial charge in [-0.1, -0.05) is 49.0 Å². The first-order chi connectivity index (χ1) is 9.24. The second-order valence-corrected chi connectivity index (χ2v) is 4.07. The van der Waals surface area contributed by atoms with Crippen LogP contribution in [0.3, 0.4) is 0 Å². The molecule has 0 spiro atoms. The molecule has 0 fully saturated rings. The molecule has 2 N–H and O–H groups in total. The number of nitrogens with one attached hydrogen (secondary N) is 1. The van der Waals surface area contributed by atoms with Gasteiger partial charge in [0.05, 0.1) is 0 Å². The molecule has 0 aliphatic rings. The quantitative estimate of drug-likeness (QED) is 0.805. The average Bonchev–Trinajstić information content (AvgIpc) is 2.47. The van der Waals surface area contributed by atoms with Crippen LogP contribution in [-0.4, -0.2) is 10.9 Å². The predicted molar refractivity (Wildman–Crippen MR) is 76.0 cm³/mol. The standard InChI is InChI=1S/C16H15NO2/c1-2-17-14-11-7-6-10-13(14)16(19)15(18)12-8-4-3-5-9-12/h2-11,15,17-18H,1H2. The molecule has 1 atom stereocenters. The fourth-order valence-electron chi connectivity index (χ4n) is 1.87. The predicted octanol–water partition coefficient (Wildman–Crippen LogP) is 3.16. The number of ketones is 1. The van der Waals surface area contributed by atoms with Gasteiger partial charge in [-0.3, -0.25) is 4.79 Å². The number of carbonyl (C=O) groups excluding carboxylic acids is 1. The third kappa shape index (κ3) is 2.89. The van der Waals surface area contributed by atoms with Crippen LogP contribution in [-0.2, 0) is 0 Å². The van der Waals surface area contributed by atoms with Crippen molar-refractivity contribution in [2.45, 2.75) is 6.10 Å². The zero-order chi connectivity index (χ0) is 13.7. The maximum absolute atomic E-state index is 12.3. The van der Waals surface area contributed by atoms with Crippen molar-refractivity contribution in [2.75, 3.05) is 5.32 Å². The van der Waals surface area contributed by atoms with Crippen molar-refractivity contribution in [1.29, 1.82) is 0 Å². The lowest BCUT2D eigenvalue weighted by Gasteiger charge is -2.13. The second kappa shape index (κ2) is 5.98. The van der Waals surface area contributed by atoms with Crippen molar-refractivity contribution >= 4 is 11.5 Å². The highest BCUT2D eigenvalue weighted by atomic mass is 16.3. The third-order valence-electron chi connectivity index (χ3n) is 2.81. The van der Waals surface area contributed by atoms with Gasteiger partial charge in [-0.05, 0) is 23.9 Å². The second-order valence-electron chi connectivity index (χ2n) is 4.07. The number of carbonyl (C=O) groups is 1. The van der Waals surface area contributed by atoms with Crippen LogP contribution in [0, 0.1) is 0 Å². The molecule has 0 saturated heterocycles. The van der Waals surface area contributed by atoms with Crippen LogP contribution in [0.4, 0.5) is 5.69 Å². The smallest absolute Gasteiger partial charge is 0.197 e. The highest BCUT2D eigenvalue weighted by Gasteiger charge is 2.20. The van der Waals surface area contributed by atoms with Crippen molar-refractivity contribution in [3.05, 3.63) is 78.5 Å². The first-order valence-corrected chi connectivity index (χ1v) is 5.97. The summed E-state index contributed by atoms with van der Waals surface area (Å²) in [5, 5.41) is 13.0. The molecule has 0 aromatic heterocycles. The molecule has 2 aromatic carbocycles. The molecule has 0 saturated carbocycles. The lowest BCUT2D eigenvalue weighted by molar-refractivity contribution is 0.0748. The number of benzene rings is 2. The number of rotatable bonds is 5. The molecular formula is C16H15NO2. The van der Waals surface area contributed by atoms with E-state index in [1.165, 1.54) is 6.20 Å². The number of para-hydroxylation sites is 1.